The lowest BCUT2D eigenvalue weighted by molar-refractivity contribution is 0.111. The molecule has 0 heterocycles. The predicted molar refractivity (Wildman–Crippen MR) is 172 cm³/mol. The van der Waals surface area contributed by atoms with Crippen LogP contribution in [0.25, 0.3) is 0 Å². The molecule has 0 unspecified atom stereocenters. The number of carbonyl (C=O) groups excluding carboxylic acids is 2. The first-order valence-corrected chi connectivity index (χ1v) is 14.5. The van der Waals surface area contributed by atoms with Gasteiger partial charge in [0.25, 0.3) is 0 Å². The molecule has 4 rings (SSSR count). The summed E-state index contributed by atoms with van der Waals surface area (Å²) < 4.78 is 34.8. The first-order valence-electron chi connectivity index (χ1n) is 14.5. The van der Waals surface area contributed by atoms with E-state index in [0.29, 0.717) is 67.0 Å². The van der Waals surface area contributed by atoms with Gasteiger partial charge in [0.15, 0.2) is 35.6 Å². The van der Waals surface area contributed by atoms with Crippen LogP contribution < -0.4 is 28.4 Å². The van der Waals surface area contributed by atoms with Crippen LogP contribution in [0.5, 0.6) is 34.5 Å². The molecule has 0 spiro atoms. The van der Waals surface area contributed by atoms with E-state index in [1.54, 1.807) is 48.6 Å². The van der Waals surface area contributed by atoms with Crippen molar-refractivity contribution in [2.24, 2.45) is 0 Å². The quantitative estimate of drug-likeness (QED) is 0.0581. The minimum atomic E-state index is 0.273. The van der Waals surface area contributed by atoms with Crippen molar-refractivity contribution in [3.8, 4) is 34.5 Å². The molecule has 0 saturated carbocycles. The Balaban J connectivity index is 1.17. The molecule has 4 aromatic carbocycles. The molecule has 0 N–H and O–H groups in total. The summed E-state index contributed by atoms with van der Waals surface area (Å²) in [6.07, 6.45) is 5.42. The fourth-order valence-corrected chi connectivity index (χ4v) is 4.20. The highest BCUT2D eigenvalue weighted by molar-refractivity contribution is 5.81. The van der Waals surface area contributed by atoms with Crippen molar-refractivity contribution in [2.45, 2.75) is 19.6 Å². The van der Waals surface area contributed by atoms with Gasteiger partial charge in [0, 0.05) is 6.42 Å². The molecule has 4 aromatic rings. The highest BCUT2D eigenvalue weighted by Gasteiger charge is 2.12. The zero-order valence-electron chi connectivity index (χ0n) is 25.0. The van der Waals surface area contributed by atoms with Crippen LogP contribution in [0.2, 0.25) is 0 Å². The van der Waals surface area contributed by atoms with E-state index >= 15 is 0 Å². The van der Waals surface area contributed by atoms with Gasteiger partial charge in [-0.05, 0) is 59.7 Å². The molecule has 0 bridgehead atoms. The summed E-state index contributed by atoms with van der Waals surface area (Å²) in [5.74, 6) is 3.29. The van der Waals surface area contributed by atoms with Crippen LogP contribution in [0, 0.1) is 0 Å². The van der Waals surface area contributed by atoms with Gasteiger partial charge < -0.3 is 28.4 Å². The number of hydrogen-bond acceptors (Lipinski definition) is 8. The Labute approximate surface area is 263 Å². The fraction of sp³-hybridized carbons (Fsp3) is 0.189. The summed E-state index contributed by atoms with van der Waals surface area (Å²) in [4.78, 5) is 22.8. The van der Waals surface area contributed by atoms with Crippen molar-refractivity contribution in [1.82, 2.24) is 0 Å². The summed E-state index contributed by atoms with van der Waals surface area (Å²) in [7, 11) is 0. The molecule has 0 aliphatic rings. The van der Waals surface area contributed by atoms with Crippen molar-refractivity contribution < 1.29 is 38.0 Å². The van der Waals surface area contributed by atoms with E-state index in [-0.39, 0.29) is 13.2 Å². The third-order valence-corrected chi connectivity index (χ3v) is 6.43. The molecular formula is C37H36O8. The lowest BCUT2D eigenvalue weighted by Crippen LogP contribution is -2.05. The van der Waals surface area contributed by atoms with Crippen LogP contribution in [0.4, 0.5) is 0 Å². The van der Waals surface area contributed by atoms with Crippen LogP contribution in [-0.2, 0) is 13.2 Å². The first-order chi connectivity index (χ1) is 22.1. The second kappa shape index (κ2) is 17.6. The molecule has 0 atom stereocenters. The minimum Gasteiger partial charge on any atom is -0.493 e. The lowest BCUT2D eigenvalue weighted by Gasteiger charge is -2.14. The molecule has 0 amide bonds. The van der Waals surface area contributed by atoms with Crippen LogP contribution in [0.1, 0.15) is 38.3 Å². The monoisotopic (exact) mass is 608 g/mol. The Bertz CT molecular complexity index is 1430. The molecule has 0 saturated heterocycles. The summed E-state index contributed by atoms with van der Waals surface area (Å²) >= 11 is 0. The number of carbonyl (C=O) groups is 2. The molecule has 0 radical (unpaired) electrons. The molecule has 45 heavy (non-hydrogen) atoms. The zero-order chi connectivity index (χ0) is 31.7. The van der Waals surface area contributed by atoms with Crippen LogP contribution >= 0.6 is 0 Å². The van der Waals surface area contributed by atoms with Crippen molar-refractivity contribution >= 4 is 12.6 Å². The van der Waals surface area contributed by atoms with Crippen LogP contribution in [0.3, 0.4) is 0 Å². The Hall–Kier alpha value is -5.50. The van der Waals surface area contributed by atoms with Gasteiger partial charge >= 0.3 is 0 Å². The maximum Gasteiger partial charge on any atom is 0.172 e. The molecule has 232 valence electrons. The number of rotatable bonds is 20. The van der Waals surface area contributed by atoms with E-state index in [1.165, 1.54) is 0 Å². The van der Waals surface area contributed by atoms with Gasteiger partial charge in [-0.2, -0.15) is 0 Å². The Morgan fingerprint density at radius 1 is 0.511 bits per heavy atom. The van der Waals surface area contributed by atoms with E-state index < -0.39 is 0 Å². The molecule has 0 fully saturated rings. The average molecular weight is 609 g/mol. The predicted octanol–water partition coefficient (Wildman–Crippen LogP) is 7.45. The molecule has 0 aromatic heterocycles. The summed E-state index contributed by atoms with van der Waals surface area (Å²) in [5.41, 5.74) is 2.74. The molecular weight excluding hydrogens is 572 g/mol. The van der Waals surface area contributed by atoms with Crippen molar-refractivity contribution in [2.75, 3.05) is 26.4 Å². The van der Waals surface area contributed by atoms with Crippen LogP contribution in [0.15, 0.2) is 110 Å². The van der Waals surface area contributed by atoms with E-state index in [9.17, 15) is 9.59 Å². The Morgan fingerprint density at radius 2 is 0.933 bits per heavy atom. The summed E-state index contributed by atoms with van der Waals surface area (Å²) in [6.45, 7) is 9.46. The highest BCUT2D eigenvalue weighted by Crippen LogP contribution is 2.32. The van der Waals surface area contributed by atoms with Crippen molar-refractivity contribution in [3.05, 3.63) is 132 Å². The second-order valence-electron chi connectivity index (χ2n) is 9.70. The SMILES string of the molecule is C=CCOc1c(C=O)cccc1OCc1ccc(OCCCOc2ccc(COc3cccc(C=O)c3OCC=C)cc2)cc1. The molecule has 8 nitrogen and oxygen atoms in total. The minimum absolute atomic E-state index is 0.273. The Morgan fingerprint density at radius 3 is 1.31 bits per heavy atom. The zero-order valence-corrected chi connectivity index (χ0v) is 25.0. The van der Waals surface area contributed by atoms with Gasteiger partial charge in [-0.1, -0.05) is 61.7 Å². The van der Waals surface area contributed by atoms with E-state index in [1.807, 2.05) is 48.5 Å². The second-order valence-corrected chi connectivity index (χ2v) is 9.70. The van der Waals surface area contributed by atoms with Gasteiger partial charge in [-0.15, -0.1) is 0 Å². The van der Waals surface area contributed by atoms with Gasteiger partial charge in [-0.25, -0.2) is 0 Å². The number of aldehydes is 2. The largest absolute Gasteiger partial charge is 0.493 e. The standard InChI is InChI=1S/C37H36O8/c1-3-20-42-36-30(24-38)8-5-10-34(36)44-26-28-12-16-32(17-13-28)40-22-7-23-41-33-18-14-29(15-19-33)27-45-35-11-6-9-31(25-39)37(35)43-21-4-2/h3-6,8-19,24-25H,1-2,7,20-23,26-27H2. The first kappa shape index (κ1) is 32.4. The average Bonchev–Trinajstić information content (AvgIpc) is 3.09. The van der Waals surface area contributed by atoms with Crippen molar-refractivity contribution in [3.63, 3.8) is 0 Å². The molecule has 0 aliphatic carbocycles. The molecule has 8 heteroatoms. The number of para-hydroxylation sites is 2. The van der Waals surface area contributed by atoms with Crippen molar-refractivity contribution in [1.29, 1.82) is 0 Å². The maximum atomic E-state index is 11.4. The fourth-order valence-electron chi connectivity index (χ4n) is 4.20. The van der Waals surface area contributed by atoms with Gasteiger partial charge in [0.2, 0.25) is 0 Å². The third kappa shape index (κ3) is 9.76. The van der Waals surface area contributed by atoms with Crippen LogP contribution in [-0.4, -0.2) is 39.0 Å². The highest BCUT2D eigenvalue weighted by atomic mass is 16.5. The van der Waals surface area contributed by atoms with Gasteiger partial charge in [-0.3, -0.25) is 9.59 Å². The van der Waals surface area contributed by atoms with Gasteiger partial charge in [0.05, 0.1) is 24.3 Å². The van der Waals surface area contributed by atoms with E-state index in [4.69, 9.17) is 28.4 Å². The topological polar surface area (TPSA) is 89.5 Å². The number of ether oxygens (including phenoxy) is 6. The lowest BCUT2D eigenvalue weighted by atomic mass is 10.2. The molecule has 0 aliphatic heterocycles. The van der Waals surface area contributed by atoms with E-state index in [2.05, 4.69) is 13.2 Å². The number of hydrogen-bond donors (Lipinski definition) is 0. The normalized spacial score (nSPS) is 10.3. The maximum absolute atomic E-state index is 11.4. The summed E-state index contributed by atoms with van der Waals surface area (Å²) in [5, 5.41) is 0. The number of benzene rings is 4. The van der Waals surface area contributed by atoms with E-state index in [0.717, 1.165) is 35.2 Å². The smallest absolute Gasteiger partial charge is 0.172 e. The third-order valence-electron chi connectivity index (χ3n) is 6.43. The summed E-state index contributed by atoms with van der Waals surface area (Å²) in [6, 6.07) is 25.7. The Kier molecular flexibility index (Phi) is 12.7. The van der Waals surface area contributed by atoms with Gasteiger partial charge in [0.1, 0.15) is 37.9 Å².